The molecule has 4 rings (SSSR count). The predicted octanol–water partition coefficient (Wildman–Crippen LogP) is 4.50. The zero-order chi connectivity index (χ0) is 24.8. The maximum Gasteiger partial charge on any atom is 0.235 e. The van der Waals surface area contributed by atoms with Gasteiger partial charge in [0, 0.05) is 17.1 Å². The monoisotopic (exact) mass is 506 g/mol. The highest BCUT2D eigenvalue weighted by Crippen LogP contribution is 2.37. The first kappa shape index (κ1) is 24.7. The van der Waals surface area contributed by atoms with Gasteiger partial charge in [-0.05, 0) is 49.8 Å². The van der Waals surface area contributed by atoms with Gasteiger partial charge in [-0.15, -0.1) is 28.1 Å². The maximum absolute atomic E-state index is 12.7. The smallest absolute Gasteiger partial charge is 0.235 e. The normalized spacial score (nSPS) is 12.5. The highest BCUT2D eigenvalue weighted by atomic mass is 32.2. The SMILES string of the molecule is C=CCn1c(CC(=O)Nc2ccccc2C)nnc1SCC(=O)Nc1sc2c(c1C#N)CCCC2. The molecule has 1 aliphatic rings. The number of allylic oxidation sites excluding steroid dienone is 1. The molecule has 3 aromatic rings. The summed E-state index contributed by atoms with van der Waals surface area (Å²) in [5.41, 5.74) is 3.42. The number of amides is 2. The summed E-state index contributed by atoms with van der Waals surface area (Å²) in [5.74, 6) is 0.198. The molecule has 0 radical (unpaired) electrons. The van der Waals surface area contributed by atoms with Gasteiger partial charge in [-0.25, -0.2) is 0 Å². The Bertz CT molecular complexity index is 1300. The van der Waals surface area contributed by atoms with E-state index in [-0.39, 0.29) is 24.0 Å². The minimum absolute atomic E-state index is 0.0498. The van der Waals surface area contributed by atoms with E-state index in [2.05, 4.69) is 33.5 Å². The molecule has 10 heteroatoms. The number of aromatic nitrogens is 3. The number of fused-ring (bicyclic) bond motifs is 1. The molecule has 0 fully saturated rings. The number of hydrogen-bond acceptors (Lipinski definition) is 7. The minimum atomic E-state index is -0.211. The number of aryl methyl sites for hydroxylation is 2. The third-order valence-electron chi connectivity index (χ3n) is 5.71. The Morgan fingerprint density at radius 3 is 2.80 bits per heavy atom. The van der Waals surface area contributed by atoms with Gasteiger partial charge in [-0.3, -0.25) is 9.59 Å². The first-order valence-corrected chi connectivity index (χ1v) is 13.2. The van der Waals surface area contributed by atoms with Crippen LogP contribution in [0.3, 0.4) is 0 Å². The van der Waals surface area contributed by atoms with Crippen LogP contribution in [0, 0.1) is 18.3 Å². The Balaban J connectivity index is 1.40. The lowest BCUT2D eigenvalue weighted by molar-refractivity contribution is -0.116. The summed E-state index contributed by atoms with van der Waals surface area (Å²) in [6.07, 6.45) is 5.80. The highest BCUT2D eigenvalue weighted by molar-refractivity contribution is 7.99. The molecule has 2 N–H and O–H groups in total. The van der Waals surface area contributed by atoms with E-state index < -0.39 is 0 Å². The van der Waals surface area contributed by atoms with E-state index in [1.54, 1.807) is 10.6 Å². The molecule has 35 heavy (non-hydrogen) atoms. The Kier molecular flexibility index (Phi) is 8.00. The Hall–Kier alpha value is -3.42. The fraction of sp³-hybridized carbons (Fsp3) is 0.320. The van der Waals surface area contributed by atoms with Gasteiger partial charge in [-0.2, -0.15) is 5.26 Å². The van der Waals surface area contributed by atoms with Gasteiger partial charge in [0.05, 0.1) is 17.7 Å². The van der Waals surface area contributed by atoms with Crippen molar-refractivity contribution in [1.29, 1.82) is 5.26 Å². The van der Waals surface area contributed by atoms with E-state index in [0.717, 1.165) is 42.5 Å². The van der Waals surface area contributed by atoms with Crippen LogP contribution in [0.1, 0.15) is 40.2 Å². The van der Waals surface area contributed by atoms with Crippen molar-refractivity contribution < 1.29 is 9.59 Å². The van der Waals surface area contributed by atoms with E-state index in [9.17, 15) is 14.9 Å². The van der Waals surface area contributed by atoms with Gasteiger partial charge < -0.3 is 15.2 Å². The van der Waals surface area contributed by atoms with Crippen LogP contribution in [-0.4, -0.2) is 32.3 Å². The number of thiophene rings is 1. The Labute approximate surface area is 212 Å². The number of benzene rings is 1. The molecular formula is C25H26N6O2S2. The molecule has 0 spiro atoms. The molecule has 0 unspecified atom stereocenters. The van der Waals surface area contributed by atoms with Crippen LogP contribution in [0.15, 0.2) is 42.1 Å². The second-order valence-electron chi connectivity index (χ2n) is 8.20. The zero-order valence-corrected chi connectivity index (χ0v) is 21.1. The van der Waals surface area contributed by atoms with Gasteiger partial charge in [0.25, 0.3) is 0 Å². The molecule has 2 amide bonds. The van der Waals surface area contributed by atoms with Crippen molar-refractivity contribution in [2.75, 3.05) is 16.4 Å². The number of nitriles is 1. The molecule has 0 aliphatic heterocycles. The van der Waals surface area contributed by atoms with Gasteiger partial charge >= 0.3 is 0 Å². The standard InChI is InChI=1S/C25H26N6O2S2/c1-3-12-31-21(13-22(32)27-19-10-6-4-8-16(19)2)29-30-25(31)34-15-23(33)28-24-18(14-26)17-9-5-7-11-20(17)35-24/h3-4,6,8,10H,1,5,7,9,11-13,15H2,2H3,(H,27,32)(H,28,33). The second kappa shape index (κ2) is 11.3. The number of rotatable bonds is 9. The Morgan fingerprint density at radius 2 is 2.03 bits per heavy atom. The summed E-state index contributed by atoms with van der Waals surface area (Å²) in [7, 11) is 0. The Morgan fingerprint density at radius 1 is 1.23 bits per heavy atom. The number of carbonyl (C=O) groups excluding carboxylic acids is 2. The molecule has 0 saturated heterocycles. The fourth-order valence-electron chi connectivity index (χ4n) is 3.99. The second-order valence-corrected chi connectivity index (χ2v) is 10.2. The quantitative estimate of drug-likeness (QED) is 0.326. The average molecular weight is 507 g/mol. The largest absolute Gasteiger partial charge is 0.325 e. The summed E-state index contributed by atoms with van der Waals surface area (Å²) in [4.78, 5) is 26.5. The average Bonchev–Trinajstić information content (AvgIpc) is 3.39. The van der Waals surface area contributed by atoms with Crippen molar-refractivity contribution in [2.24, 2.45) is 0 Å². The van der Waals surface area contributed by atoms with Crippen LogP contribution in [-0.2, 0) is 35.4 Å². The van der Waals surface area contributed by atoms with Crippen LogP contribution >= 0.6 is 23.1 Å². The summed E-state index contributed by atoms with van der Waals surface area (Å²) in [6, 6.07) is 9.83. The summed E-state index contributed by atoms with van der Waals surface area (Å²) in [5, 5.41) is 25.0. The third kappa shape index (κ3) is 5.81. The number of anilines is 2. The fourth-order valence-corrected chi connectivity index (χ4v) is 6.01. The van der Waals surface area contributed by atoms with Crippen molar-refractivity contribution in [2.45, 2.75) is 50.7 Å². The molecule has 1 aliphatic carbocycles. The van der Waals surface area contributed by atoms with Crippen molar-refractivity contribution >= 4 is 45.6 Å². The topological polar surface area (TPSA) is 113 Å². The number of hydrogen-bond donors (Lipinski definition) is 2. The highest BCUT2D eigenvalue weighted by Gasteiger charge is 2.22. The molecule has 8 nitrogen and oxygen atoms in total. The molecule has 2 heterocycles. The van der Waals surface area contributed by atoms with Crippen LogP contribution in [0.4, 0.5) is 10.7 Å². The summed E-state index contributed by atoms with van der Waals surface area (Å²) >= 11 is 2.74. The van der Waals surface area contributed by atoms with Crippen LogP contribution < -0.4 is 10.6 Å². The number of para-hydroxylation sites is 1. The first-order valence-electron chi connectivity index (χ1n) is 11.4. The lowest BCUT2D eigenvalue weighted by Crippen LogP contribution is -2.18. The zero-order valence-electron chi connectivity index (χ0n) is 19.5. The van der Waals surface area contributed by atoms with Crippen molar-refractivity contribution in [1.82, 2.24) is 14.8 Å². The molecule has 0 saturated carbocycles. The van der Waals surface area contributed by atoms with Crippen molar-refractivity contribution in [3.05, 3.63) is 64.3 Å². The maximum atomic E-state index is 12.7. The lowest BCUT2D eigenvalue weighted by Gasteiger charge is -2.10. The molecule has 0 bridgehead atoms. The van der Waals surface area contributed by atoms with E-state index in [1.165, 1.54) is 28.0 Å². The molecule has 1 aromatic carbocycles. The van der Waals surface area contributed by atoms with Gasteiger partial charge in [-0.1, -0.05) is 36.0 Å². The van der Waals surface area contributed by atoms with E-state index >= 15 is 0 Å². The van der Waals surface area contributed by atoms with E-state index in [1.807, 2.05) is 31.2 Å². The van der Waals surface area contributed by atoms with E-state index in [4.69, 9.17) is 0 Å². The van der Waals surface area contributed by atoms with Gasteiger partial charge in [0.1, 0.15) is 16.9 Å². The van der Waals surface area contributed by atoms with Crippen LogP contribution in [0.2, 0.25) is 0 Å². The van der Waals surface area contributed by atoms with E-state index in [0.29, 0.717) is 28.1 Å². The van der Waals surface area contributed by atoms with Crippen LogP contribution in [0.25, 0.3) is 0 Å². The van der Waals surface area contributed by atoms with Crippen molar-refractivity contribution in [3.63, 3.8) is 0 Å². The molecule has 180 valence electrons. The first-order chi connectivity index (χ1) is 17.0. The third-order valence-corrected chi connectivity index (χ3v) is 7.89. The van der Waals surface area contributed by atoms with Gasteiger partial charge in [0.15, 0.2) is 5.16 Å². The number of thioether (sulfide) groups is 1. The van der Waals surface area contributed by atoms with Gasteiger partial charge in [0.2, 0.25) is 11.8 Å². The predicted molar refractivity (Wildman–Crippen MR) is 139 cm³/mol. The molecule has 2 aromatic heterocycles. The number of nitrogens with one attached hydrogen (secondary N) is 2. The number of carbonyl (C=O) groups is 2. The lowest BCUT2D eigenvalue weighted by atomic mass is 9.96. The van der Waals surface area contributed by atoms with Crippen LogP contribution in [0.5, 0.6) is 0 Å². The summed E-state index contributed by atoms with van der Waals surface area (Å²) < 4.78 is 1.78. The number of nitrogens with zero attached hydrogens (tertiary/aromatic N) is 4. The molecule has 0 atom stereocenters. The van der Waals surface area contributed by atoms with Crippen molar-refractivity contribution in [3.8, 4) is 6.07 Å². The minimum Gasteiger partial charge on any atom is -0.325 e. The molecular weight excluding hydrogens is 480 g/mol. The summed E-state index contributed by atoms with van der Waals surface area (Å²) in [6.45, 7) is 6.13.